The minimum absolute atomic E-state index is 0.350. The van der Waals surface area contributed by atoms with Gasteiger partial charge in [-0.25, -0.2) is 0 Å². The van der Waals surface area contributed by atoms with E-state index in [-0.39, 0.29) is 0 Å². The summed E-state index contributed by atoms with van der Waals surface area (Å²) in [5.74, 6) is 0.0283. The van der Waals surface area contributed by atoms with Crippen molar-refractivity contribution in [3.8, 4) is 0 Å². The van der Waals surface area contributed by atoms with Crippen LogP contribution in [0.15, 0.2) is 18.2 Å². The summed E-state index contributed by atoms with van der Waals surface area (Å²) >= 11 is 5.98. The molecule has 1 heterocycles. The molecule has 0 radical (unpaired) electrons. The minimum atomic E-state index is -0.507. The van der Waals surface area contributed by atoms with Gasteiger partial charge in [0.25, 0.3) is 0 Å². The number of carbonyl (C=O) groups is 1. The van der Waals surface area contributed by atoms with E-state index in [1.807, 2.05) is 6.07 Å². The zero-order valence-corrected chi connectivity index (χ0v) is 10.9. The third-order valence-electron chi connectivity index (χ3n) is 3.08. The molecule has 0 spiro atoms. The van der Waals surface area contributed by atoms with Crippen LogP contribution in [0.4, 0.5) is 5.69 Å². The van der Waals surface area contributed by atoms with Crippen LogP contribution in [0, 0.1) is 5.92 Å². The summed E-state index contributed by atoms with van der Waals surface area (Å²) in [5, 5.41) is 3.69. The monoisotopic (exact) mass is 268 g/mol. The number of ether oxygens (including phenoxy) is 1. The molecule has 1 aliphatic heterocycles. The first kappa shape index (κ1) is 13.2. The lowest BCUT2D eigenvalue weighted by Gasteiger charge is -2.22. The summed E-state index contributed by atoms with van der Waals surface area (Å²) in [6, 6.07) is 5.19. The second kappa shape index (κ2) is 6.07. The second-order valence-electron chi connectivity index (χ2n) is 4.52. The SMILES string of the molecule is NC(=O)c1ccc(NCC2CCCOC2)cc1Cl. The molecule has 1 aromatic rings. The van der Waals surface area contributed by atoms with E-state index in [2.05, 4.69) is 5.32 Å². The summed E-state index contributed by atoms with van der Waals surface area (Å²) < 4.78 is 5.42. The molecule has 0 saturated carbocycles. The van der Waals surface area contributed by atoms with E-state index in [9.17, 15) is 4.79 Å². The first-order valence-electron chi connectivity index (χ1n) is 6.08. The van der Waals surface area contributed by atoms with Crippen molar-refractivity contribution in [3.63, 3.8) is 0 Å². The maximum absolute atomic E-state index is 11.0. The molecule has 2 rings (SSSR count). The Hall–Kier alpha value is -1.26. The van der Waals surface area contributed by atoms with Crippen molar-refractivity contribution >= 4 is 23.2 Å². The highest BCUT2D eigenvalue weighted by molar-refractivity contribution is 6.34. The lowest BCUT2D eigenvalue weighted by atomic mass is 10.0. The maximum Gasteiger partial charge on any atom is 0.250 e. The Morgan fingerprint density at radius 2 is 2.39 bits per heavy atom. The molecule has 1 saturated heterocycles. The number of anilines is 1. The van der Waals surface area contributed by atoms with Gasteiger partial charge in [0.05, 0.1) is 17.2 Å². The van der Waals surface area contributed by atoms with Crippen LogP contribution in [-0.2, 0) is 4.74 Å². The summed E-state index contributed by atoms with van der Waals surface area (Å²) in [5.41, 5.74) is 6.44. The number of benzene rings is 1. The minimum Gasteiger partial charge on any atom is -0.385 e. The van der Waals surface area contributed by atoms with Gasteiger partial charge in [0.1, 0.15) is 0 Å². The normalized spacial score (nSPS) is 19.5. The van der Waals surface area contributed by atoms with Crippen molar-refractivity contribution in [2.75, 3.05) is 25.1 Å². The number of amides is 1. The number of nitrogens with one attached hydrogen (secondary N) is 1. The van der Waals surface area contributed by atoms with Gasteiger partial charge in [-0.3, -0.25) is 4.79 Å². The number of carbonyl (C=O) groups excluding carboxylic acids is 1. The van der Waals surface area contributed by atoms with Crippen molar-refractivity contribution in [2.45, 2.75) is 12.8 Å². The van der Waals surface area contributed by atoms with Gasteiger partial charge in [0.15, 0.2) is 0 Å². The zero-order chi connectivity index (χ0) is 13.0. The molecule has 18 heavy (non-hydrogen) atoms. The van der Waals surface area contributed by atoms with E-state index in [1.165, 1.54) is 6.42 Å². The first-order chi connectivity index (χ1) is 8.66. The van der Waals surface area contributed by atoms with Crippen LogP contribution in [0.1, 0.15) is 23.2 Å². The summed E-state index contributed by atoms with van der Waals surface area (Å²) in [4.78, 5) is 11.0. The van der Waals surface area contributed by atoms with Gasteiger partial charge in [-0.15, -0.1) is 0 Å². The summed E-state index contributed by atoms with van der Waals surface area (Å²) in [7, 11) is 0. The number of hydrogen-bond acceptors (Lipinski definition) is 3. The van der Waals surface area contributed by atoms with Crippen LogP contribution < -0.4 is 11.1 Å². The lowest BCUT2D eigenvalue weighted by Crippen LogP contribution is -2.24. The van der Waals surface area contributed by atoms with Crippen LogP contribution in [0.2, 0.25) is 5.02 Å². The topological polar surface area (TPSA) is 64.4 Å². The average molecular weight is 269 g/mol. The molecule has 1 aromatic carbocycles. The highest BCUT2D eigenvalue weighted by Crippen LogP contribution is 2.21. The highest BCUT2D eigenvalue weighted by atomic mass is 35.5. The van der Waals surface area contributed by atoms with Crippen molar-refractivity contribution in [3.05, 3.63) is 28.8 Å². The van der Waals surface area contributed by atoms with Crippen LogP contribution in [0.25, 0.3) is 0 Å². The number of nitrogens with two attached hydrogens (primary N) is 1. The van der Waals surface area contributed by atoms with Gasteiger partial charge >= 0.3 is 0 Å². The van der Waals surface area contributed by atoms with Gasteiger partial charge in [-0.05, 0) is 37.0 Å². The van der Waals surface area contributed by atoms with Gasteiger partial charge in [-0.1, -0.05) is 11.6 Å². The maximum atomic E-state index is 11.0. The Bertz CT molecular complexity index is 431. The van der Waals surface area contributed by atoms with Gasteiger partial charge in [-0.2, -0.15) is 0 Å². The lowest BCUT2D eigenvalue weighted by molar-refractivity contribution is 0.0595. The molecule has 0 bridgehead atoms. The Balaban J connectivity index is 1.93. The molecule has 1 atom stereocenters. The second-order valence-corrected chi connectivity index (χ2v) is 4.93. The highest BCUT2D eigenvalue weighted by Gasteiger charge is 2.14. The van der Waals surface area contributed by atoms with Crippen molar-refractivity contribution in [1.29, 1.82) is 0 Å². The molecule has 98 valence electrons. The fraction of sp³-hybridized carbons (Fsp3) is 0.462. The van der Waals surface area contributed by atoms with E-state index in [4.69, 9.17) is 22.1 Å². The van der Waals surface area contributed by atoms with E-state index >= 15 is 0 Å². The number of rotatable bonds is 4. The standard InChI is InChI=1S/C13H17ClN2O2/c14-12-6-10(3-4-11(12)13(15)17)16-7-9-2-1-5-18-8-9/h3-4,6,9,16H,1-2,5,7-8H2,(H2,15,17). The molecule has 0 aliphatic carbocycles. The van der Waals surface area contributed by atoms with Gasteiger partial charge < -0.3 is 15.8 Å². The fourth-order valence-corrected chi connectivity index (χ4v) is 2.33. The molecule has 4 nitrogen and oxygen atoms in total. The molecular formula is C13H17ClN2O2. The Kier molecular flexibility index (Phi) is 4.44. The molecule has 5 heteroatoms. The Labute approximate surface area is 111 Å². The zero-order valence-electron chi connectivity index (χ0n) is 10.1. The molecule has 1 unspecified atom stereocenters. The van der Waals surface area contributed by atoms with Crippen molar-refractivity contribution in [2.24, 2.45) is 11.7 Å². The Morgan fingerprint density at radius 3 is 3.00 bits per heavy atom. The number of primary amides is 1. The first-order valence-corrected chi connectivity index (χ1v) is 6.45. The average Bonchev–Trinajstić information content (AvgIpc) is 2.37. The van der Waals surface area contributed by atoms with Crippen LogP contribution >= 0.6 is 11.6 Å². The van der Waals surface area contributed by atoms with E-state index in [0.717, 1.165) is 31.9 Å². The summed E-state index contributed by atoms with van der Waals surface area (Å²) in [6.45, 7) is 2.53. The van der Waals surface area contributed by atoms with E-state index in [0.29, 0.717) is 16.5 Å². The molecule has 0 aromatic heterocycles. The van der Waals surface area contributed by atoms with Crippen molar-refractivity contribution < 1.29 is 9.53 Å². The quantitative estimate of drug-likeness (QED) is 0.881. The third kappa shape index (κ3) is 3.37. The largest absolute Gasteiger partial charge is 0.385 e. The van der Waals surface area contributed by atoms with Crippen LogP contribution in [0.5, 0.6) is 0 Å². The predicted octanol–water partition coefficient (Wildman–Crippen LogP) is 2.28. The predicted molar refractivity (Wildman–Crippen MR) is 72.0 cm³/mol. The van der Waals surface area contributed by atoms with E-state index < -0.39 is 5.91 Å². The fourth-order valence-electron chi connectivity index (χ4n) is 2.06. The Morgan fingerprint density at radius 1 is 1.56 bits per heavy atom. The van der Waals surface area contributed by atoms with E-state index in [1.54, 1.807) is 12.1 Å². The molecule has 1 aliphatic rings. The van der Waals surface area contributed by atoms with Gasteiger partial charge in [0.2, 0.25) is 5.91 Å². The third-order valence-corrected chi connectivity index (χ3v) is 3.40. The smallest absolute Gasteiger partial charge is 0.250 e. The molecule has 3 N–H and O–H groups in total. The van der Waals surface area contributed by atoms with Crippen LogP contribution in [-0.4, -0.2) is 25.7 Å². The number of hydrogen-bond donors (Lipinski definition) is 2. The van der Waals surface area contributed by atoms with Crippen molar-refractivity contribution in [1.82, 2.24) is 0 Å². The molecular weight excluding hydrogens is 252 g/mol. The molecule has 1 amide bonds. The molecule has 1 fully saturated rings. The summed E-state index contributed by atoms with van der Waals surface area (Å²) in [6.07, 6.45) is 2.30. The van der Waals surface area contributed by atoms with Crippen LogP contribution in [0.3, 0.4) is 0 Å². The number of halogens is 1. The van der Waals surface area contributed by atoms with Gasteiger partial charge in [0, 0.05) is 18.8 Å².